The van der Waals surface area contributed by atoms with E-state index in [4.69, 9.17) is 4.74 Å². The number of rotatable bonds is 4. The Morgan fingerprint density at radius 2 is 1.74 bits per heavy atom. The molecule has 0 fully saturated rings. The second-order valence-electron chi connectivity index (χ2n) is 4.08. The van der Waals surface area contributed by atoms with Crippen molar-refractivity contribution in [2.24, 2.45) is 0 Å². The summed E-state index contributed by atoms with van der Waals surface area (Å²) in [6.07, 6.45) is 0. The maximum absolute atomic E-state index is 11.6. The Balaban J connectivity index is 2.44. The molecule has 4 heteroatoms. The molecule has 0 heterocycles. The molecule has 19 heavy (non-hydrogen) atoms. The van der Waals surface area contributed by atoms with Crippen molar-refractivity contribution in [2.75, 3.05) is 13.7 Å². The molecule has 0 atom stereocenters. The summed E-state index contributed by atoms with van der Waals surface area (Å²) in [5, 5.41) is 1.62. The van der Waals surface area contributed by atoms with Crippen LogP contribution < -0.4 is 4.74 Å². The molecule has 0 radical (unpaired) electrons. The van der Waals surface area contributed by atoms with E-state index < -0.39 is 5.97 Å². The van der Waals surface area contributed by atoms with Crippen LogP contribution in [0.2, 0.25) is 0 Å². The van der Waals surface area contributed by atoms with Gasteiger partial charge in [-0.15, -0.1) is 0 Å². The van der Waals surface area contributed by atoms with Crippen LogP contribution in [0.25, 0.3) is 10.8 Å². The molecule has 0 saturated carbocycles. The van der Waals surface area contributed by atoms with Gasteiger partial charge in [-0.2, -0.15) is 0 Å². The van der Waals surface area contributed by atoms with Gasteiger partial charge in [0.15, 0.2) is 12.4 Å². The molecule has 0 aromatic heterocycles. The van der Waals surface area contributed by atoms with Crippen molar-refractivity contribution in [1.29, 1.82) is 0 Å². The summed E-state index contributed by atoms with van der Waals surface area (Å²) in [7, 11) is 1.31. The minimum Gasteiger partial charge on any atom is -0.481 e. The summed E-state index contributed by atoms with van der Waals surface area (Å²) in [6.45, 7) is 1.37. The van der Waals surface area contributed by atoms with Crippen molar-refractivity contribution in [3.8, 4) is 5.75 Å². The highest BCUT2D eigenvalue weighted by molar-refractivity contribution is 6.08. The summed E-state index contributed by atoms with van der Waals surface area (Å²) < 4.78 is 9.95. The Hall–Kier alpha value is -2.36. The molecule has 2 rings (SSSR count). The average Bonchev–Trinajstić information content (AvgIpc) is 2.43. The molecule has 0 aliphatic carbocycles. The molecular weight excluding hydrogens is 244 g/mol. The van der Waals surface area contributed by atoms with E-state index in [0.29, 0.717) is 11.3 Å². The lowest BCUT2D eigenvalue weighted by molar-refractivity contribution is -0.142. The van der Waals surface area contributed by atoms with E-state index in [1.54, 1.807) is 12.1 Å². The SMILES string of the molecule is COC(=O)COc1ccc(C(C)=O)c2ccccc12. The maximum Gasteiger partial charge on any atom is 0.343 e. The number of Topliss-reactive ketones (excluding diaryl/α,β-unsaturated/α-hetero) is 1. The Morgan fingerprint density at radius 3 is 2.37 bits per heavy atom. The van der Waals surface area contributed by atoms with Crippen LogP contribution in [-0.2, 0) is 9.53 Å². The quantitative estimate of drug-likeness (QED) is 0.624. The lowest BCUT2D eigenvalue weighted by atomic mass is 10.0. The number of fused-ring (bicyclic) bond motifs is 1. The molecule has 2 aromatic rings. The Labute approximate surface area is 110 Å². The number of carbonyl (C=O) groups excluding carboxylic acids is 2. The van der Waals surface area contributed by atoms with Gasteiger partial charge in [0.25, 0.3) is 0 Å². The normalized spacial score (nSPS) is 10.2. The molecule has 2 aromatic carbocycles. The van der Waals surface area contributed by atoms with Gasteiger partial charge in [-0.05, 0) is 24.4 Å². The van der Waals surface area contributed by atoms with Gasteiger partial charge >= 0.3 is 5.97 Å². The van der Waals surface area contributed by atoms with Crippen molar-refractivity contribution >= 4 is 22.5 Å². The van der Waals surface area contributed by atoms with Gasteiger partial charge in [-0.25, -0.2) is 4.79 Å². The lowest BCUT2D eigenvalue weighted by Gasteiger charge is -2.10. The van der Waals surface area contributed by atoms with Crippen molar-refractivity contribution in [3.63, 3.8) is 0 Å². The van der Waals surface area contributed by atoms with Crippen LogP contribution in [0, 0.1) is 0 Å². The van der Waals surface area contributed by atoms with Gasteiger partial charge in [0.1, 0.15) is 5.75 Å². The highest BCUT2D eigenvalue weighted by Gasteiger charge is 2.10. The fraction of sp³-hybridized carbons (Fsp3) is 0.200. The standard InChI is InChI=1S/C15H14O4/c1-10(16)11-7-8-14(19-9-15(17)18-2)13-6-4-3-5-12(11)13/h3-8H,9H2,1-2H3. The van der Waals surface area contributed by atoms with Gasteiger partial charge in [-0.3, -0.25) is 4.79 Å². The molecule has 98 valence electrons. The third-order valence-electron chi connectivity index (χ3n) is 2.84. The number of ketones is 1. The average molecular weight is 258 g/mol. The minimum absolute atomic E-state index is 0.00396. The molecule has 0 amide bonds. The fourth-order valence-corrected chi connectivity index (χ4v) is 1.90. The zero-order valence-electron chi connectivity index (χ0n) is 10.8. The smallest absolute Gasteiger partial charge is 0.343 e. The minimum atomic E-state index is -0.445. The summed E-state index contributed by atoms with van der Waals surface area (Å²) >= 11 is 0. The van der Waals surface area contributed by atoms with E-state index in [1.165, 1.54) is 14.0 Å². The lowest BCUT2D eigenvalue weighted by Crippen LogP contribution is -2.12. The van der Waals surface area contributed by atoms with Crippen LogP contribution in [0.4, 0.5) is 0 Å². The highest BCUT2D eigenvalue weighted by atomic mass is 16.6. The Kier molecular flexibility index (Phi) is 3.80. The summed E-state index contributed by atoms with van der Waals surface area (Å²) in [5.41, 5.74) is 0.640. The third-order valence-corrected chi connectivity index (χ3v) is 2.84. The molecule has 0 N–H and O–H groups in total. The number of esters is 1. The van der Waals surface area contributed by atoms with Gasteiger partial charge in [0.2, 0.25) is 0 Å². The van der Waals surface area contributed by atoms with Crippen LogP contribution in [0.1, 0.15) is 17.3 Å². The highest BCUT2D eigenvalue weighted by Crippen LogP contribution is 2.28. The van der Waals surface area contributed by atoms with E-state index in [2.05, 4.69) is 4.74 Å². The van der Waals surface area contributed by atoms with Crippen molar-refractivity contribution in [2.45, 2.75) is 6.92 Å². The summed E-state index contributed by atoms with van der Waals surface area (Å²) in [4.78, 5) is 22.7. The molecular formula is C15H14O4. The van der Waals surface area contributed by atoms with Gasteiger partial charge in [0.05, 0.1) is 7.11 Å². The van der Waals surface area contributed by atoms with Crippen LogP contribution in [0.5, 0.6) is 5.75 Å². The third kappa shape index (κ3) is 2.73. The topological polar surface area (TPSA) is 52.6 Å². The number of benzene rings is 2. The molecule has 0 aliphatic rings. The van der Waals surface area contributed by atoms with E-state index >= 15 is 0 Å². The zero-order valence-corrected chi connectivity index (χ0v) is 10.8. The first-order valence-corrected chi connectivity index (χ1v) is 5.86. The summed E-state index contributed by atoms with van der Waals surface area (Å²) in [6, 6.07) is 10.8. The van der Waals surface area contributed by atoms with Gasteiger partial charge < -0.3 is 9.47 Å². The van der Waals surface area contributed by atoms with Crippen LogP contribution in [0.15, 0.2) is 36.4 Å². The first-order valence-electron chi connectivity index (χ1n) is 5.86. The first kappa shape index (κ1) is 13.1. The van der Waals surface area contributed by atoms with Crippen LogP contribution in [-0.4, -0.2) is 25.5 Å². The molecule has 0 bridgehead atoms. The van der Waals surface area contributed by atoms with E-state index in [9.17, 15) is 9.59 Å². The molecule has 4 nitrogen and oxygen atoms in total. The van der Waals surface area contributed by atoms with E-state index in [0.717, 1.165) is 10.8 Å². The molecule has 0 unspecified atom stereocenters. The molecule has 0 aliphatic heterocycles. The number of hydrogen-bond donors (Lipinski definition) is 0. The number of ether oxygens (including phenoxy) is 2. The maximum atomic E-state index is 11.6. The second kappa shape index (κ2) is 5.52. The van der Waals surface area contributed by atoms with Gasteiger partial charge in [-0.1, -0.05) is 24.3 Å². The van der Waals surface area contributed by atoms with E-state index in [-0.39, 0.29) is 12.4 Å². The van der Waals surface area contributed by atoms with Crippen molar-refractivity contribution in [3.05, 3.63) is 42.0 Å². The largest absolute Gasteiger partial charge is 0.481 e. The fourth-order valence-electron chi connectivity index (χ4n) is 1.90. The Morgan fingerprint density at radius 1 is 1.05 bits per heavy atom. The molecule has 0 spiro atoms. The predicted octanol–water partition coefficient (Wildman–Crippen LogP) is 2.59. The monoisotopic (exact) mass is 258 g/mol. The number of hydrogen-bond acceptors (Lipinski definition) is 4. The predicted molar refractivity (Wildman–Crippen MR) is 71.5 cm³/mol. The van der Waals surface area contributed by atoms with E-state index in [1.807, 2.05) is 24.3 Å². The summed E-state index contributed by atoms with van der Waals surface area (Å²) in [5.74, 6) is 0.112. The number of methoxy groups -OCH3 is 1. The molecule has 0 saturated heterocycles. The Bertz CT molecular complexity index is 631. The van der Waals surface area contributed by atoms with Crippen molar-refractivity contribution in [1.82, 2.24) is 0 Å². The van der Waals surface area contributed by atoms with Gasteiger partial charge in [0, 0.05) is 10.9 Å². The van der Waals surface area contributed by atoms with Crippen molar-refractivity contribution < 1.29 is 19.1 Å². The second-order valence-corrected chi connectivity index (χ2v) is 4.08. The van der Waals surface area contributed by atoms with Crippen LogP contribution in [0.3, 0.4) is 0 Å². The first-order chi connectivity index (χ1) is 9.13. The zero-order chi connectivity index (χ0) is 13.8. The van der Waals surface area contributed by atoms with Crippen LogP contribution >= 0.6 is 0 Å². The number of carbonyl (C=O) groups is 2.